The molecule has 5 heteroatoms. The highest BCUT2D eigenvalue weighted by Gasteiger charge is 2.21. The maximum atomic E-state index is 13.9. The molecule has 2 N–H and O–H groups in total. The molecule has 3 rings (SSSR count). The number of fused-ring (bicyclic) bond motifs is 1. The monoisotopic (exact) mass is 277 g/mol. The van der Waals surface area contributed by atoms with Gasteiger partial charge in [0.25, 0.3) is 6.41 Å². The van der Waals surface area contributed by atoms with E-state index in [0.29, 0.717) is 22.1 Å². The number of aliphatic hydroxyl groups excluding tert-OH is 1. The van der Waals surface area contributed by atoms with Crippen molar-refractivity contribution in [3.8, 4) is 5.75 Å². The lowest BCUT2D eigenvalue weighted by atomic mass is 10.2. The Kier molecular flexibility index (Phi) is 3.31. The van der Waals surface area contributed by atoms with Gasteiger partial charge in [-0.15, -0.1) is 11.8 Å². The smallest absolute Gasteiger partial charge is 0.279 e. The zero-order valence-corrected chi connectivity index (χ0v) is 10.8. The van der Waals surface area contributed by atoms with Crippen LogP contribution in [-0.2, 0) is 5.75 Å². The Morgan fingerprint density at radius 1 is 1.26 bits per heavy atom. The van der Waals surface area contributed by atoms with Crippen molar-refractivity contribution in [1.29, 1.82) is 0 Å². The van der Waals surface area contributed by atoms with Crippen LogP contribution in [0.1, 0.15) is 5.56 Å². The molecule has 0 fully saturated rings. The van der Waals surface area contributed by atoms with Crippen LogP contribution in [0.3, 0.4) is 0 Å². The summed E-state index contributed by atoms with van der Waals surface area (Å²) in [5.74, 6) is 0.848. The van der Waals surface area contributed by atoms with Gasteiger partial charge in [0.1, 0.15) is 11.6 Å². The van der Waals surface area contributed by atoms with Gasteiger partial charge in [0.15, 0.2) is 0 Å². The minimum absolute atomic E-state index is 0.315. The van der Waals surface area contributed by atoms with E-state index in [1.165, 1.54) is 17.8 Å². The third-order valence-electron chi connectivity index (χ3n) is 2.79. The van der Waals surface area contributed by atoms with Gasteiger partial charge in [-0.1, -0.05) is 30.3 Å². The number of nitrogens with one attached hydrogen (secondary N) is 1. The molecule has 0 saturated heterocycles. The number of hydrogen-bond donors (Lipinski definition) is 2. The van der Waals surface area contributed by atoms with Crippen LogP contribution in [0.5, 0.6) is 5.75 Å². The summed E-state index contributed by atoms with van der Waals surface area (Å²) in [6, 6.07) is 12.8. The summed E-state index contributed by atoms with van der Waals surface area (Å²) in [7, 11) is 0. The molecular weight excluding hydrogens is 265 g/mol. The predicted molar refractivity (Wildman–Crippen MR) is 72.7 cm³/mol. The van der Waals surface area contributed by atoms with E-state index in [9.17, 15) is 9.50 Å². The summed E-state index contributed by atoms with van der Waals surface area (Å²) < 4.78 is 19.0. The molecule has 0 aromatic heterocycles. The average Bonchev–Trinajstić information content (AvgIpc) is 2.76. The van der Waals surface area contributed by atoms with Crippen LogP contribution in [0.25, 0.3) is 0 Å². The lowest BCUT2D eigenvalue weighted by Crippen LogP contribution is -2.17. The molecule has 0 radical (unpaired) electrons. The molecule has 1 atom stereocenters. The molecule has 0 spiro atoms. The molecule has 1 aliphatic heterocycles. The Hall–Kier alpha value is -1.72. The summed E-state index contributed by atoms with van der Waals surface area (Å²) in [5.41, 5.74) is 1.61. The van der Waals surface area contributed by atoms with Crippen LogP contribution >= 0.6 is 11.8 Å². The lowest BCUT2D eigenvalue weighted by Gasteiger charge is -2.05. The number of ether oxygens (including phenoxy) is 1. The van der Waals surface area contributed by atoms with Gasteiger partial charge in [0, 0.05) is 16.7 Å². The van der Waals surface area contributed by atoms with Crippen molar-refractivity contribution in [1.82, 2.24) is 0 Å². The van der Waals surface area contributed by atoms with Crippen LogP contribution in [-0.4, -0.2) is 11.5 Å². The second kappa shape index (κ2) is 5.11. The molecule has 2 aromatic carbocycles. The van der Waals surface area contributed by atoms with E-state index >= 15 is 0 Å². The van der Waals surface area contributed by atoms with E-state index in [4.69, 9.17) is 4.74 Å². The maximum Gasteiger partial charge on any atom is 0.279 e. The number of thioether (sulfide) groups is 1. The molecule has 1 aliphatic rings. The van der Waals surface area contributed by atoms with Crippen molar-refractivity contribution in [2.24, 2.45) is 0 Å². The van der Waals surface area contributed by atoms with Gasteiger partial charge in [-0.3, -0.25) is 0 Å². The molecule has 3 nitrogen and oxygen atoms in total. The van der Waals surface area contributed by atoms with Gasteiger partial charge in [0.2, 0.25) is 0 Å². The van der Waals surface area contributed by atoms with Gasteiger partial charge in [-0.05, 0) is 11.6 Å². The highest BCUT2D eigenvalue weighted by atomic mass is 32.2. The fourth-order valence-corrected chi connectivity index (χ4v) is 2.78. The third kappa shape index (κ3) is 2.67. The molecule has 98 valence electrons. The van der Waals surface area contributed by atoms with Crippen molar-refractivity contribution in [2.75, 3.05) is 5.32 Å². The Labute approximate surface area is 114 Å². The Morgan fingerprint density at radius 2 is 2.05 bits per heavy atom. The first-order chi connectivity index (χ1) is 9.22. The fraction of sp³-hybridized carbons (Fsp3) is 0.143. The topological polar surface area (TPSA) is 41.5 Å². The summed E-state index contributed by atoms with van der Waals surface area (Å²) in [6.07, 6.45) is -1.09. The first-order valence-electron chi connectivity index (χ1n) is 5.84. The second-order valence-corrected chi connectivity index (χ2v) is 5.18. The SMILES string of the molecule is OC1Nc2cc(F)c(SCc3ccccc3)cc2O1. The van der Waals surface area contributed by atoms with E-state index in [0.717, 1.165) is 5.56 Å². The molecule has 0 aliphatic carbocycles. The largest absolute Gasteiger partial charge is 0.445 e. The van der Waals surface area contributed by atoms with Gasteiger partial charge in [0.05, 0.1) is 5.69 Å². The number of aliphatic hydroxyl groups is 1. The van der Waals surface area contributed by atoms with Crippen LogP contribution in [0.2, 0.25) is 0 Å². The predicted octanol–water partition coefficient (Wildman–Crippen LogP) is 3.20. The third-order valence-corrected chi connectivity index (χ3v) is 3.89. The number of rotatable bonds is 3. The molecule has 2 aromatic rings. The van der Waals surface area contributed by atoms with E-state index < -0.39 is 6.41 Å². The van der Waals surface area contributed by atoms with Gasteiger partial charge < -0.3 is 15.2 Å². The van der Waals surface area contributed by atoms with Crippen molar-refractivity contribution >= 4 is 17.4 Å². The molecular formula is C14H12FNO2S. The molecule has 0 bridgehead atoms. The van der Waals surface area contributed by atoms with Crippen LogP contribution in [0.4, 0.5) is 10.1 Å². The minimum Gasteiger partial charge on any atom is -0.445 e. The quantitative estimate of drug-likeness (QED) is 0.845. The summed E-state index contributed by atoms with van der Waals surface area (Å²) >= 11 is 1.40. The zero-order chi connectivity index (χ0) is 13.2. The average molecular weight is 277 g/mol. The van der Waals surface area contributed by atoms with Gasteiger partial charge in [-0.2, -0.15) is 0 Å². The number of hydrogen-bond acceptors (Lipinski definition) is 4. The Bertz CT molecular complexity index is 591. The van der Waals surface area contributed by atoms with Crippen molar-refractivity contribution in [2.45, 2.75) is 17.1 Å². The molecule has 0 saturated carbocycles. The zero-order valence-electron chi connectivity index (χ0n) is 9.97. The standard InChI is InChI=1S/C14H12FNO2S/c15-10-6-11-12(18-14(17)16-11)7-13(10)19-8-9-4-2-1-3-5-9/h1-7,14,16-17H,8H2. The number of halogens is 1. The van der Waals surface area contributed by atoms with Crippen molar-refractivity contribution in [3.63, 3.8) is 0 Å². The van der Waals surface area contributed by atoms with E-state index in [-0.39, 0.29) is 5.82 Å². The van der Waals surface area contributed by atoms with Crippen LogP contribution in [0, 0.1) is 5.82 Å². The second-order valence-electron chi connectivity index (χ2n) is 4.17. The first kappa shape index (κ1) is 12.3. The van der Waals surface area contributed by atoms with Gasteiger partial charge >= 0.3 is 0 Å². The molecule has 1 heterocycles. The van der Waals surface area contributed by atoms with Crippen LogP contribution < -0.4 is 10.1 Å². The first-order valence-corrected chi connectivity index (χ1v) is 6.82. The summed E-state index contributed by atoms with van der Waals surface area (Å²) in [6.45, 7) is 0. The highest BCUT2D eigenvalue weighted by molar-refractivity contribution is 7.98. The number of benzene rings is 2. The molecule has 0 amide bonds. The van der Waals surface area contributed by atoms with Crippen LogP contribution in [0.15, 0.2) is 47.4 Å². The Morgan fingerprint density at radius 3 is 2.84 bits per heavy atom. The van der Waals surface area contributed by atoms with E-state index in [2.05, 4.69) is 5.32 Å². The van der Waals surface area contributed by atoms with Gasteiger partial charge in [-0.25, -0.2) is 4.39 Å². The fourth-order valence-electron chi connectivity index (χ4n) is 1.87. The lowest BCUT2D eigenvalue weighted by molar-refractivity contribution is 0.0210. The molecule has 1 unspecified atom stereocenters. The van der Waals surface area contributed by atoms with Crippen molar-refractivity contribution in [3.05, 3.63) is 53.8 Å². The molecule has 19 heavy (non-hydrogen) atoms. The van der Waals surface area contributed by atoms with E-state index in [1.807, 2.05) is 30.3 Å². The normalized spacial score (nSPS) is 16.6. The van der Waals surface area contributed by atoms with E-state index in [1.54, 1.807) is 6.07 Å². The summed E-state index contributed by atoms with van der Waals surface area (Å²) in [4.78, 5) is 0.513. The number of anilines is 1. The Balaban J connectivity index is 1.77. The minimum atomic E-state index is -1.09. The summed E-state index contributed by atoms with van der Waals surface area (Å²) in [5, 5.41) is 11.9. The highest BCUT2D eigenvalue weighted by Crippen LogP contribution is 2.37. The maximum absolute atomic E-state index is 13.9. The van der Waals surface area contributed by atoms with Crippen molar-refractivity contribution < 1.29 is 14.2 Å².